The van der Waals surface area contributed by atoms with Crippen molar-refractivity contribution in [1.29, 1.82) is 0 Å². The van der Waals surface area contributed by atoms with E-state index in [-0.39, 0.29) is 6.10 Å². The molecule has 1 rings (SSSR count). The Morgan fingerprint density at radius 1 is 1.43 bits per heavy atom. The number of halogens is 1. The highest BCUT2D eigenvalue weighted by Gasteiger charge is 2.07. The molecule has 1 atom stereocenters. The number of oxime groups is 1. The van der Waals surface area contributed by atoms with Crippen molar-refractivity contribution in [3.8, 4) is 5.75 Å². The lowest BCUT2D eigenvalue weighted by Crippen LogP contribution is -2.21. The second-order valence-corrected chi connectivity index (χ2v) is 3.39. The number of ether oxygens (including phenoxy) is 1. The molecule has 0 aliphatic carbocycles. The molecule has 0 aliphatic heterocycles. The Kier molecular flexibility index (Phi) is 3.77. The third-order valence-corrected chi connectivity index (χ3v) is 2.12. The predicted molar refractivity (Wildman–Crippen MR) is 56.4 cm³/mol. The Bertz CT molecular complexity index is 321. The van der Waals surface area contributed by atoms with Gasteiger partial charge in [0.15, 0.2) is 0 Å². The van der Waals surface area contributed by atoms with Gasteiger partial charge in [0.05, 0.1) is 5.71 Å². The molecule has 0 heterocycles. The lowest BCUT2D eigenvalue weighted by atomic mass is 10.2. The Morgan fingerprint density at radius 2 is 2.00 bits per heavy atom. The highest BCUT2D eigenvalue weighted by molar-refractivity contribution is 6.30. The molecule has 0 amide bonds. The van der Waals surface area contributed by atoms with Gasteiger partial charge in [-0.05, 0) is 38.1 Å². The van der Waals surface area contributed by atoms with E-state index in [1.165, 1.54) is 0 Å². The van der Waals surface area contributed by atoms with E-state index in [9.17, 15) is 0 Å². The van der Waals surface area contributed by atoms with Crippen LogP contribution in [-0.4, -0.2) is 17.0 Å². The van der Waals surface area contributed by atoms with Crippen molar-refractivity contribution in [2.45, 2.75) is 20.0 Å². The first-order valence-electron chi connectivity index (χ1n) is 4.24. The monoisotopic (exact) mass is 213 g/mol. The minimum atomic E-state index is -0.249. The van der Waals surface area contributed by atoms with Gasteiger partial charge in [0.2, 0.25) is 0 Å². The molecule has 1 unspecified atom stereocenters. The topological polar surface area (TPSA) is 41.8 Å². The van der Waals surface area contributed by atoms with Crippen LogP contribution in [0.3, 0.4) is 0 Å². The van der Waals surface area contributed by atoms with Gasteiger partial charge in [-0.2, -0.15) is 0 Å². The summed E-state index contributed by atoms with van der Waals surface area (Å²) in [5.41, 5.74) is 0.528. The molecule has 4 heteroatoms. The first kappa shape index (κ1) is 10.9. The average Bonchev–Trinajstić information content (AvgIpc) is 2.20. The van der Waals surface area contributed by atoms with Crippen LogP contribution in [0.1, 0.15) is 13.8 Å². The maximum Gasteiger partial charge on any atom is 0.137 e. The number of rotatable bonds is 3. The van der Waals surface area contributed by atoms with E-state index in [1.807, 2.05) is 6.92 Å². The van der Waals surface area contributed by atoms with Gasteiger partial charge in [0.25, 0.3) is 0 Å². The molecule has 1 aromatic carbocycles. The number of hydrogen-bond donors (Lipinski definition) is 1. The SMILES string of the molecule is CC(=NO)C(C)Oc1ccc(Cl)cc1. The molecule has 0 fully saturated rings. The second-order valence-electron chi connectivity index (χ2n) is 2.96. The number of nitrogens with zero attached hydrogens (tertiary/aromatic N) is 1. The molecular formula is C10H12ClNO2. The van der Waals surface area contributed by atoms with Crippen molar-refractivity contribution in [2.75, 3.05) is 0 Å². The normalized spacial score (nSPS) is 13.8. The molecule has 1 aromatic rings. The summed E-state index contributed by atoms with van der Waals surface area (Å²) >= 11 is 5.72. The van der Waals surface area contributed by atoms with Crippen molar-refractivity contribution >= 4 is 17.3 Å². The molecule has 3 nitrogen and oxygen atoms in total. The first-order valence-corrected chi connectivity index (χ1v) is 4.62. The fraction of sp³-hybridized carbons (Fsp3) is 0.300. The van der Waals surface area contributed by atoms with E-state index in [1.54, 1.807) is 31.2 Å². The standard InChI is InChI=1S/C10H12ClNO2/c1-7(12-13)8(2)14-10-5-3-9(11)4-6-10/h3-6,8,13H,1-2H3. The van der Waals surface area contributed by atoms with Crippen molar-refractivity contribution in [2.24, 2.45) is 5.16 Å². The summed E-state index contributed by atoms with van der Waals surface area (Å²) in [4.78, 5) is 0. The molecule has 0 radical (unpaired) electrons. The van der Waals surface area contributed by atoms with Crippen LogP contribution in [0.15, 0.2) is 29.4 Å². The van der Waals surface area contributed by atoms with Crippen LogP contribution in [0, 0.1) is 0 Å². The van der Waals surface area contributed by atoms with Crippen LogP contribution in [-0.2, 0) is 0 Å². The van der Waals surface area contributed by atoms with Gasteiger partial charge in [0.1, 0.15) is 11.9 Å². The lowest BCUT2D eigenvalue weighted by molar-refractivity contribution is 0.266. The fourth-order valence-electron chi connectivity index (χ4n) is 0.884. The third kappa shape index (κ3) is 2.92. The van der Waals surface area contributed by atoms with Crippen LogP contribution in [0.4, 0.5) is 0 Å². The third-order valence-electron chi connectivity index (χ3n) is 1.87. The van der Waals surface area contributed by atoms with E-state index in [4.69, 9.17) is 21.5 Å². The van der Waals surface area contributed by atoms with E-state index in [0.717, 1.165) is 0 Å². The Labute approximate surface area is 88.0 Å². The van der Waals surface area contributed by atoms with Crippen LogP contribution >= 0.6 is 11.6 Å². The highest BCUT2D eigenvalue weighted by atomic mass is 35.5. The summed E-state index contributed by atoms with van der Waals surface area (Å²) in [6.07, 6.45) is -0.249. The van der Waals surface area contributed by atoms with Crippen LogP contribution in [0.2, 0.25) is 5.02 Å². The van der Waals surface area contributed by atoms with Crippen molar-refractivity contribution in [1.82, 2.24) is 0 Å². The summed E-state index contributed by atoms with van der Waals surface area (Å²) in [5.74, 6) is 0.699. The van der Waals surface area contributed by atoms with Gasteiger partial charge < -0.3 is 9.94 Å². The smallest absolute Gasteiger partial charge is 0.137 e. The van der Waals surface area contributed by atoms with E-state index >= 15 is 0 Å². The first-order chi connectivity index (χ1) is 6.63. The summed E-state index contributed by atoms with van der Waals surface area (Å²) in [5, 5.41) is 12.2. The van der Waals surface area contributed by atoms with Gasteiger partial charge in [-0.1, -0.05) is 16.8 Å². The van der Waals surface area contributed by atoms with Gasteiger partial charge >= 0.3 is 0 Å². The maximum atomic E-state index is 8.51. The van der Waals surface area contributed by atoms with E-state index < -0.39 is 0 Å². The number of benzene rings is 1. The summed E-state index contributed by atoms with van der Waals surface area (Å²) < 4.78 is 5.47. The zero-order valence-electron chi connectivity index (χ0n) is 8.07. The van der Waals surface area contributed by atoms with Crippen molar-refractivity contribution < 1.29 is 9.94 Å². The molecule has 0 saturated heterocycles. The molecule has 0 spiro atoms. The summed E-state index contributed by atoms with van der Waals surface area (Å²) in [6, 6.07) is 7.02. The minimum Gasteiger partial charge on any atom is -0.485 e. The molecule has 0 aliphatic rings. The molecule has 14 heavy (non-hydrogen) atoms. The second kappa shape index (κ2) is 4.86. The average molecular weight is 214 g/mol. The van der Waals surface area contributed by atoms with Crippen molar-refractivity contribution in [3.05, 3.63) is 29.3 Å². The number of hydrogen-bond acceptors (Lipinski definition) is 3. The highest BCUT2D eigenvalue weighted by Crippen LogP contribution is 2.16. The summed E-state index contributed by atoms with van der Waals surface area (Å²) in [6.45, 7) is 3.50. The zero-order chi connectivity index (χ0) is 10.6. The fourth-order valence-corrected chi connectivity index (χ4v) is 1.01. The lowest BCUT2D eigenvalue weighted by Gasteiger charge is -2.12. The Balaban J connectivity index is 2.65. The predicted octanol–water partition coefficient (Wildman–Crippen LogP) is 2.96. The van der Waals surface area contributed by atoms with Gasteiger partial charge in [-0.3, -0.25) is 0 Å². The Morgan fingerprint density at radius 3 is 2.50 bits per heavy atom. The molecule has 76 valence electrons. The van der Waals surface area contributed by atoms with E-state index in [2.05, 4.69) is 5.16 Å². The molecule has 1 N–H and O–H groups in total. The molecular weight excluding hydrogens is 202 g/mol. The Hall–Kier alpha value is -1.22. The quantitative estimate of drug-likeness (QED) is 0.477. The van der Waals surface area contributed by atoms with Gasteiger partial charge in [-0.15, -0.1) is 0 Å². The van der Waals surface area contributed by atoms with Gasteiger partial charge in [-0.25, -0.2) is 0 Å². The van der Waals surface area contributed by atoms with Crippen LogP contribution < -0.4 is 4.74 Å². The minimum absolute atomic E-state index is 0.249. The molecule has 0 saturated carbocycles. The van der Waals surface area contributed by atoms with Crippen LogP contribution in [0.5, 0.6) is 5.75 Å². The van der Waals surface area contributed by atoms with E-state index in [0.29, 0.717) is 16.5 Å². The van der Waals surface area contributed by atoms with Crippen molar-refractivity contribution in [3.63, 3.8) is 0 Å². The molecule has 0 aromatic heterocycles. The van der Waals surface area contributed by atoms with Crippen LogP contribution in [0.25, 0.3) is 0 Å². The maximum absolute atomic E-state index is 8.51. The van der Waals surface area contributed by atoms with Gasteiger partial charge in [0, 0.05) is 5.02 Å². The molecule has 0 bridgehead atoms. The zero-order valence-corrected chi connectivity index (χ0v) is 8.82. The summed E-state index contributed by atoms with van der Waals surface area (Å²) in [7, 11) is 0. The largest absolute Gasteiger partial charge is 0.485 e.